The molecule has 4 rings (SSSR count). The van der Waals surface area contributed by atoms with Crippen LogP contribution >= 0.6 is 0 Å². The number of nitrogens with one attached hydrogen (secondary N) is 1. The van der Waals surface area contributed by atoms with Crippen molar-refractivity contribution in [2.75, 3.05) is 7.11 Å². The normalized spacial score (nSPS) is 20.0. The molecule has 0 saturated heterocycles. The van der Waals surface area contributed by atoms with Crippen LogP contribution < -0.4 is 10.1 Å². The Balaban J connectivity index is 1.71. The summed E-state index contributed by atoms with van der Waals surface area (Å²) in [6.07, 6.45) is 4.79. The molecule has 0 unspecified atom stereocenters. The Kier molecular flexibility index (Phi) is 4.63. The van der Waals surface area contributed by atoms with Crippen LogP contribution in [0.4, 0.5) is 0 Å². The summed E-state index contributed by atoms with van der Waals surface area (Å²) in [4.78, 5) is 13.4. The first kappa shape index (κ1) is 18.6. The number of aliphatic hydroxyl groups is 1. The van der Waals surface area contributed by atoms with E-state index < -0.39 is 0 Å². The summed E-state index contributed by atoms with van der Waals surface area (Å²) < 4.78 is 9.11. The van der Waals surface area contributed by atoms with Crippen molar-refractivity contribution in [3.8, 4) is 5.75 Å². The van der Waals surface area contributed by atoms with E-state index in [4.69, 9.17) is 4.74 Å². The highest BCUT2D eigenvalue weighted by molar-refractivity contribution is 6.08. The number of hydrogen-bond acceptors (Lipinski definition) is 4. The van der Waals surface area contributed by atoms with Gasteiger partial charge in [0, 0.05) is 42.5 Å². The second-order valence-corrected chi connectivity index (χ2v) is 7.69. The quantitative estimate of drug-likeness (QED) is 0.710. The second-order valence-electron chi connectivity index (χ2n) is 7.69. The van der Waals surface area contributed by atoms with Gasteiger partial charge in [0.1, 0.15) is 5.75 Å². The number of aliphatic hydroxyl groups excluding tert-OH is 1. The zero-order valence-corrected chi connectivity index (χ0v) is 16.6. The van der Waals surface area contributed by atoms with E-state index in [0.29, 0.717) is 18.4 Å². The lowest BCUT2D eigenvalue weighted by Gasteiger charge is -2.37. The molecule has 0 aliphatic heterocycles. The van der Waals surface area contributed by atoms with Gasteiger partial charge in [-0.05, 0) is 43.9 Å². The van der Waals surface area contributed by atoms with E-state index >= 15 is 0 Å². The highest BCUT2D eigenvalue weighted by Gasteiger charge is 2.37. The molecule has 2 heterocycles. The Labute approximate surface area is 163 Å². The van der Waals surface area contributed by atoms with Crippen molar-refractivity contribution in [1.82, 2.24) is 19.7 Å². The van der Waals surface area contributed by atoms with Crippen LogP contribution in [0.2, 0.25) is 0 Å². The van der Waals surface area contributed by atoms with Crippen molar-refractivity contribution in [2.45, 2.75) is 31.9 Å². The van der Waals surface area contributed by atoms with Crippen molar-refractivity contribution in [1.29, 1.82) is 0 Å². The third-order valence-corrected chi connectivity index (χ3v) is 5.92. The lowest BCUT2D eigenvalue weighted by Crippen LogP contribution is -2.41. The van der Waals surface area contributed by atoms with Gasteiger partial charge in [-0.25, -0.2) is 0 Å². The monoisotopic (exact) mass is 382 g/mol. The third-order valence-electron chi connectivity index (χ3n) is 5.92. The molecule has 1 aromatic carbocycles. The number of carbonyl (C=O) groups excluding carboxylic acids is 1. The van der Waals surface area contributed by atoms with Gasteiger partial charge in [-0.2, -0.15) is 5.10 Å². The molecule has 0 spiro atoms. The number of fused-ring (bicyclic) bond motifs is 1. The zero-order chi connectivity index (χ0) is 20.0. The van der Waals surface area contributed by atoms with Crippen molar-refractivity contribution in [2.24, 2.45) is 20.0 Å². The lowest BCUT2D eigenvalue weighted by molar-refractivity contribution is 0.0235. The van der Waals surface area contributed by atoms with E-state index in [1.165, 1.54) is 0 Å². The largest absolute Gasteiger partial charge is 0.497 e. The molecule has 7 nitrogen and oxygen atoms in total. The average molecular weight is 382 g/mol. The molecule has 1 fully saturated rings. The number of carbonyl (C=O) groups is 1. The molecule has 1 amide bonds. The van der Waals surface area contributed by atoms with Gasteiger partial charge in [0.05, 0.1) is 31.0 Å². The van der Waals surface area contributed by atoms with Crippen molar-refractivity contribution >= 4 is 16.8 Å². The van der Waals surface area contributed by atoms with Gasteiger partial charge in [-0.3, -0.25) is 9.48 Å². The smallest absolute Gasteiger partial charge is 0.254 e. The fourth-order valence-corrected chi connectivity index (χ4v) is 4.15. The van der Waals surface area contributed by atoms with Crippen molar-refractivity contribution in [3.63, 3.8) is 0 Å². The van der Waals surface area contributed by atoms with Gasteiger partial charge >= 0.3 is 0 Å². The van der Waals surface area contributed by atoms with Crippen molar-refractivity contribution in [3.05, 3.63) is 47.4 Å². The Morgan fingerprint density at radius 3 is 2.71 bits per heavy atom. The molecule has 1 aliphatic rings. The fourth-order valence-electron chi connectivity index (χ4n) is 4.15. The number of hydrogen-bond donors (Lipinski definition) is 2. The van der Waals surface area contributed by atoms with Crippen LogP contribution in [0, 0.1) is 12.8 Å². The van der Waals surface area contributed by atoms with E-state index in [1.54, 1.807) is 18.0 Å². The van der Waals surface area contributed by atoms with E-state index in [0.717, 1.165) is 27.9 Å². The lowest BCUT2D eigenvalue weighted by atomic mass is 9.75. The molecule has 7 heteroatoms. The van der Waals surface area contributed by atoms with E-state index in [9.17, 15) is 9.90 Å². The Morgan fingerprint density at radius 1 is 1.36 bits per heavy atom. The zero-order valence-electron chi connectivity index (χ0n) is 16.6. The van der Waals surface area contributed by atoms with Crippen LogP contribution in [0.25, 0.3) is 10.9 Å². The number of nitrogens with zero attached hydrogens (tertiary/aromatic N) is 3. The minimum Gasteiger partial charge on any atom is -0.497 e. The molecule has 1 atom stereocenters. The highest BCUT2D eigenvalue weighted by atomic mass is 16.5. The summed E-state index contributed by atoms with van der Waals surface area (Å²) in [7, 11) is 5.44. The SMILES string of the molecule is COc1ccc2c(c1)c(C(=O)N[C@H](c1cnn(C)c1)C1CC(O)C1)c(C)n2C. The van der Waals surface area contributed by atoms with Crippen LogP contribution in [0.15, 0.2) is 30.6 Å². The predicted molar refractivity (Wildman–Crippen MR) is 106 cm³/mol. The summed E-state index contributed by atoms with van der Waals surface area (Å²) in [5.41, 5.74) is 3.51. The minimum atomic E-state index is -0.287. The Hall–Kier alpha value is -2.80. The van der Waals surface area contributed by atoms with Crippen LogP contribution in [-0.2, 0) is 14.1 Å². The van der Waals surface area contributed by atoms with Crippen LogP contribution in [-0.4, -0.2) is 38.6 Å². The maximum Gasteiger partial charge on any atom is 0.254 e. The molecular formula is C21H26N4O3. The molecule has 2 aromatic heterocycles. The third kappa shape index (κ3) is 3.05. The van der Waals surface area contributed by atoms with E-state index in [1.807, 2.05) is 50.0 Å². The maximum atomic E-state index is 13.4. The number of benzene rings is 1. The molecule has 1 saturated carbocycles. The summed E-state index contributed by atoms with van der Waals surface area (Å²) in [5.74, 6) is 0.803. The molecule has 2 N–H and O–H groups in total. The first-order valence-corrected chi connectivity index (χ1v) is 9.49. The maximum absolute atomic E-state index is 13.4. The molecule has 1 aliphatic carbocycles. The van der Waals surface area contributed by atoms with Crippen LogP contribution in [0.3, 0.4) is 0 Å². The van der Waals surface area contributed by atoms with Crippen LogP contribution in [0.1, 0.15) is 40.5 Å². The number of aromatic nitrogens is 3. The van der Waals surface area contributed by atoms with Gasteiger partial charge in [-0.15, -0.1) is 0 Å². The first-order chi connectivity index (χ1) is 13.4. The van der Waals surface area contributed by atoms with E-state index in [2.05, 4.69) is 10.4 Å². The summed E-state index contributed by atoms with van der Waals surface area (Å²) in [6, 6.07) is 5.60. The summed E-state index contributed by atoms with van der Waals surface area (Å²) in [5, 5.41) is 18.1. The number of amides is 1. The first-order valence-electron chi connectivity index (χ1n) is 9.49. The molecule has 0 radical (unpaired) electrons. The molecular weight excluding hydrogens is 356 g/mol. The van der Waals surface area contributed by atoms with Gasteiger partial charge in [0.25, 0.3) is 5.91 Å². The number of rotatable bonds is 5. The molecule has 148 valence electrons. The Morgan fingerprint density at radius 2 is 2.11 bits per heavy atom. The van der Waals surface area contributed by atoms with Gasteiger partial charge in [0.15, 0.2) is 0 Å². The number of ether oxygens (including phenoxy) is 1. The molecule has 3 aromatic rings. The molecule has 28 heavy (non-hydrogen) atoms. The van der Waals surface area contributed by atoms with Gasteiger partial charge < -0.3 is 19.7 Å². The topological polar surface area (TPSA) is 81.3 Å². The van der Waals surface area contributed by atoms with Gasteiger partial charge in [0.2, 0.25) is 0 Å². The minimum absolute atomic E-state index is 0.119. The molecule has 0 bridgehead atoms. The average Bonchev–Trinajstić information content (AvgIpc) is 3.18. The Bertz CT molecular complexity index is 1030. The highest BCUT2D eigenvalue weighted by Crippen LogP contribution is 2.38. The summed E-state index contributed by atoms with van der Waals surface area (Å²) in [6.45, 7) is 1.95. The summed E-state index contributed by atoms with van der Waals surface area (Å²) >= 11 is 0. The fraction of sp³-hybridized carbons (Fsp3) is 0.429. The second kappa shape index (κ2) is 6.98. The van der Waals surface area contributed by atoms with Crippen LogP contribution in [0.5, 0.6) is 5.75 Å². The standard InChI is InChI=1S/C21H26N4O3/c1-12-19(17-9-16(28-4)5-6-18(17)25(12)3)21(27)23-20(13-7-15(26)8-13)14-10-22-24(2)11-14/h5-6,9-11,13,15,20,26H,7-8H2,1-4H3,(H,23,27)/t13?,15?,20-/m0/s1. The number of aryl methyl sites for hydroxylation is 2. The number of methoxy groups -OCH3 is 1. The van der Waals surface area contributed by atoms with E-state index in [-0.39, 0.29) is 24.0 Å². The van der Waals surface area contributed by atoms with Crippen molar-refractivity contribution < 1.29 is 14.6 Å². The van der Waals surface area contributed by atoms with Gasteiger partial charge in [-0.1, -0.05) is 0 Å². The predicted octanol–water partition coefficient (Wildman–Crippen LogP) is 2.47.